The summed E-state index contributed by atoms with van der Waals surface area (Å²) in [6.07, 6.45) is 6.43. The van der Waals surface area contributed by atoms with E-state index in [2.05, 4.69) is 5.32 Å². The monoisotopic (exact) mass is 226 g/mol. The molecule has 1 saturated carbocycles. The zero-order chi connectivity index (χ0) is 11.4. The van der Waals surface area contributed by atoms with Crippen molar-refractivity contribution in [2.45, 2.75) is 50.7 Å². The van der Waals surface area contributed by atoms with Gasteiger partial charge in [-0.1, -0.05) is 0 Å². The summed E-state index contributed by atoms with van der Waals surface area (Å²) in [5.74, 6) is 0.769. The molecule has 1 heterocycles. The fourth-order valence-corrected chi connectivity index (χ4v) is 2.18. The first-order valence-electron chi connectivity index (χ1n) is 6.39. The number of hydrogen-bond acceptors (Lipinski definition) is 3. The number of hydrogen-bond donors (Lipinski definition) is 2. The lowest BCUT2D eigenvalue weighted by molar-refractivity contribution is -0.121. The van der Waals surface area contributed by atoms with Crippen LogP contribution in [0, 0.1) is 5.92 Å². The Hall–Kier alpha value is -0.610. The fourth-order valence-electron chi connectivity index (χ4n) is 2.18. The minimum absolute atomic E-state index is 0.117. The van der Waals surface area contributed by atoms with Crippen LogP contribution in [-0.4, -0.2) is 31.2 Å². The van der Waals surface area contributed by atoms with Crippen LogP contribution in [0.5, 0.6) is 0 Å². The third-order valence-corrected chi connectivity index (χ3v) is 3.48. The Labute approximate surface area is 96.9 Å². The van der Waals surface area contributed by atoms with Gasteiger partial charge in [-0.15, -0.1) is 0 Å². The van der Waals surface area contributed by atoms with E-state index in [9.17, 15) is 4.79 Å². The van der Waals surface area contributed by atoms with Gasteiger partial charge in [0.15, 0.2) is 0 Å². The zero-order valence-electron chi connectivity index (χ0n) is 9.78. The second-order valence-corrected chi connectivity index (χ2v) is 4.98. The van der Waals surface area contributed by atoms with Gasteiger partial charge in [0.05, 0.1) is 6.10 Å². The lowest BCUT2D eigenvalue weighted by Crippen LogP contribution is -2.38. The molecule has 1 saturated heterocycles. The highest BCUT2D eigenvalue weighted by Crippen LogP contribution is 2.31. The summed E-state index contributed by atoms with van der Waals surface area (Å²) in [6.45, 7) is 1.49. The molecular weight excluding hydrogens is 204 g/mol. The molecule has 2 atom stereocenters. The smallest absolute Gasteiger partial charge is 0.220 e. The molecule has 2 unspecified atom stereocenters. The summed E-state index contributed by atoms with van der Waals surface area (Å²) in [5.41, 5.74) is 5.91. The Morgan fingerprint density at radius 1 is 1.44 bits per heavy atom. The summed E-state index contributed by atoms with van der Waals surface area (Å²) >= 11 is 0. The molecule has 3 N–H and O–H groups in total. The molecule has 2 rings (SSSR count). The van der Waals surface area contributed by atoms with Gasteiger partial charge < -0.3 is 15.8 Å². The highest BCUT2D eigenvalue weighted by molar-refractivity contribution is 5.75. The van der Waals surface area contributed by atoms with E-state index >= 15 is 0 Å². The molecule has 0 spiro atoms. The summed E-state index contributed by atoms with van der Waals surface area (Å²) in [6, 6.07) is 0.159. The molecule has 4 heteroatoms. The van der Waals surface area contributed by atoms with Gasteiger partial charge in [0.2, 0.25) is 5.91 Å². The van der Waals surface area contributed by atoms with Crippen molar-refractivity contribution in [1.82, 2.24) is 5.32 Å². The maximum Gasteiger partial charge on any atom is 0.220 e. The zero-order valence-corrected chi connectivity index (χ0v) is 9.78. The Morgan fingerprint density at radius 3 is 2.88 bits per heavy atom. The molecular formula is C12H22N2O2. The summed E-state index contributed by atoms with van der Waals surface area (Å²) in [4.78, 5) is 11.5. The minimum Gasteiger partial charge on any atom is -0.378 e. The normalized spacial score (nSPS) is 26.7. The Balaban J connectivity index is 1.53. The number of ether oxygens (including phenoxy) is 1. The van der Waals surface area contributed by atoms with E-state index in [0.717, 1.165) is 25.9 Å². The van der Waals surface area contributed by atoms with Crippen LogP contribution in [0.15, 0.2) is 0 Å². The molecule has 0 aromatic carbocycles. The van der Waals surface area contributed by atoms with E-state index in [1.54, 1.807) is 0 Å². The summed E-state index contributed by atoms with van der Waals surface area (Å²) in [5, 5.41) is 2.91. The quantitative estimate of drug-likeness (QED) is 0.704. The maximum atomic E-state index is 11.5. The SMILES string of the molecule is NC(CNC(=O)CCC1CCCO1)C1CC1. The molecule has 1 amide bonds. The van der Waals surface area contributed by atoms with E-state index in [1.807, 2.05) is 0 Å². The lowest BCUT2D eigenvalue weighted by Gasteiger charge is -2.12. The van der Waals surface area contributed by atoms with Crippen LogP contribution < -0.4 is 11.1 Å². The summed E-state index contributed by atoms with van der Waals surface area (Å²) in [7, 11) is 0. The first-order valence-corrected chi connectivity index (χ1v) is 6.39. The van der Waals surface area contributed by atoms with Gasteiger partial charge in [-0.05, 0) is 38.0 Å². The van der Waals surface area contributed by atoms with Crippen molar-refractivity contribution in [3.05, 3.63) is 0 Å². The first kappa shape index (κ1) is 11.9. The molecule has 4 nitrogen and oxygen atoms in total. The Morgan fingerprint density at radius 2 is 2.25 bits per heavy atom. The van der Waals surface area contributed by atoms with E-state index < -0.39 is 0 Å². The van der Waals surface area contributed by atoms with Gasteiger partial charge in [0, 0.05) is 25.6 Å². The maximum absolute atomic E-state index is 11.5. The molecule has 2 fully saturated rings. The van der Waals surface area contributed by atoms with Crippen LogP contribution in [0.4, 0.5) is 0 Å². The molecule has 2 aliphatic rings. The second-order valence-electron chi connectivity index (χ2n) is 4.98. The highest BCUT2D eigenvalue weighted by atomic mass is 16.5. The van der Waals surface area contributed by atoms with Crippen LogP contribution >= 0.6 is 0 Å². The van der Waals surface area contributed by atoms with Crippen LogP contribution in [0.3, 0.4) is 0 Å². The molecule has 1 aliphatic heterocycles. The highest BCUT2D eigenvalue weighted by Gasteiger charge is 2.28. The molecule has 0 aromatic heterocycles. The third kappa shape index (κ3) is 3.76. The number of rotatable bonds is 6. The van der Waals surface area contributed by atoms with Crippen molar-refractivity contribution < 1.29 is 9.53 Å². The van der Waals surface area contributed by atoms with Gasteiger partial charge in [-0.3, -0.25) is 4.79 Å². The Kier molecular flexibility index (Phi) is 4.18. The van der Waals surface area contributed by atoms with Crippen molar-refractivity contribution in [3.63, 3.8) is 0 Å². The third-order valence-electron chi connectivity index (χ3n) is 3.48. The van der Waals surface area contributed by atoms with Gasteiger partial charge in [0.25, 0.3) is 0 Å². The van der Waals surface area contributed by atoms with Crippen molar-refractivity contribution in [2.24, 2.45) is 11.7 Å². The van der Waals surface area contributed by atoms with Gasteiger partial charge in [-0.2, -0.15) is 0 Å². The number of amides is 1. The molecule has 0 radical (unpaired) electrons. The van der Waals surface area contributed by atoms with Gasteiger partial charge >= 0.3 is 0 Å². The topological polar surface area (TPSA) is 64.3 Å². The van der Waals surface area contributed by atoms with E-state index in [4.69, 9.17) is 10.5 Å². The fraction of sp³-hybridized carbons (Fsp3) is 0.917. The van der Waals surface area contributed by atoms with Crippen LogP contribution in [-0.2, 0) is 9.53 Å². The molecule has 0 bridgehead atoms. The molecule has 1 aliphatic carbocycles. The van der Waals surface area contributed by atoms with Crippen molar-refractivity contribution in [3.8, 4) is 0 Å². The van der Waals surface area contributed by atoms with Crippen molar-refractivity contribution in [2.75, 3.05) is 13.2 Å². The van der Waals surface area contributed by atoms with Crippen LogP contribution in [0.2, 0.25) is 0 Å². The largest absolute Gasteiger partial charge is 0.378 e. The van der Waals surface area contributed by atoms with Crippen molar-refractivity contribution in [1.29, 1.82) is 0 Å². The number of carbonyl (C=O) groups excluding carboxylic acids is 1. The van der Waals surface area contributed by atoms with Crippen molar-refractivity contribution >= 4 is 5.91 Å². The van der Waals surface area contributed by atoms with E-state index in [0.29, 0.717) is 25.0 Å². The standard InChI is InChI=1S/C12H22N2O2/c13-11(9-3-4-9)8-14-12(15)6-5-10-2-1-7-16-10/h9-11H,1-8,13H2,(H,14,15). The van der Waals surface area contributed by atoms with Crippen LogP contribution in [0.1, 0.15) is 38.5 Å². The molecule has 0 aromatic rings. The lowest BCUT2D eigenvalue weighted by atomic mass is 10.1. The first-order chi connectivity index (χ1) is 7.75. The second kappa shape index (κ2) is 5.64. The molecule has 92 valence electrons. The average molecular weight is 226 g/mol. The predicted molar refractivity (Wildman–Crippen MR) is 61.9 cm³/mol. The van der Waals surface area contributed by atoms with Crippen LogP contribution in [0.25, 0.3) is 0 Å². The van der Waals surface area contributed by atoms with Gasteiger partial charge in [0.1, 0.15) is 0 Å². The van der Waals surface area contributed by atoms with E-state index in [1.165, 1.54) is 12.8 Å². The average Bonchev–Trinajstić information content (AvgIpc) is 3.01. The Bertz CT molecular complexity index is 227. The van der Waals surface area contributed by atoms with Gasteiger partial charge in [-0.25, -0.2) is 0 Å². The minimum atomic E-state index is 0.117. The van der Waals surface area contributed by atoms with E-state index in [-0.39, 0.29) is 11.9 Å². The number of carbonyl (C=O) groups is 1. The summed E-state index contributed by atoms with van der Waals surface area (Å²) < 4.78 is 5.47. The molecule has 16 heavy (non-hydrogen) atoms. The number of nitrogens with two attached hydrogens (primary N) is 1. The number of nitrogens with one attached hydrogen (secondary N) is 1. The predicted octanol–water partition coefficient (Wildman–Crippen LogP) is 0.799.